The van der Waals surface area contributed by atoms with Crippen LogP contribution in [0.3, 0.4) is 0 Å². The van der Waals surface area contributed by atoms with Gasteiger partial charge in [0.25, 0.3) is 10.0 Å². The number of sulfonamides is 1. The minimum Gasteiger partial charge on any atom is -0.464 e. The van der Waals surface area contributed by atoms with E-state index in [0.717, 1.165) is 0 Å². The molecule has 2 rings (SSSR count). The highest BCUT2D eigenvalue weighted by Gasteiger charge is 2.76. The Balaban J connectivity index is 2.15. The van der Waals surface area contributed by atoms with Gasteiger partial charge in [0.1, 0.15) is 6.04 Å². The Labute approximate surface area is 139 Å². The van der Waals surface area contributed by atoms with Crippen molar-refractivity contribution >= 4 is 16.0 Å². The summed E-state index contributed by atoms with van der Waals surface area (Å²) in [4.78, 5) is 12.9. The molecule has 13 heteroatoms. The number of cyclic esters (lactones) is 1. The number of piperazine rings is 1. The number of hydrogen-bond donors (Lipinski definition) is 0. The molecule has 0 aromatic rings. The fourth-order valence-corrected chi connectivity index (χ4v) is 4.12. The first-order valence-electron chi connectivity index (χ1n) is 7.27. The Morgan fingerprint density at radius 3 is 1.96 bits per heavy atom. The second-order valence-electron chi connectivity index (χ2n) is 5.89. The lowest BCUT2D eigenvalue weighted by Gasteiger charge is -2.39. The van der Waals surface area contributed by atoms with Crippen molar-refractivity contribution in [2.45, 2.75) is 36.5 Å². The second kappa shape index (κ2) is 6.27. The van der Waals surface area contributed by atoms with E-state index in [1.165, 1.54) is 4.90 Å². The number of nitrogens with zero attached hydrogens (tertiary/aromatic N) is 2. The molecule has 0 bridgehead atoms. The summed E-state index contributed by atoms with van der Waals surface area (Å²) >= 11 is 0. The SMILES string of the molecule is CC(F)(F)C(F)(F)C(F)(F)S(=O)(=O)N1CCN(C2CCOC2=O)CC1. The van der Waals surface area contributed by atoms with Gasteiger partial charge in [-0.1, -0.05) is 0 Å². The van der Waals surface area contributed by atoms with Crippen LogP contribution in [0.25, 0.3) is 0 Å². The average molecular weight is 398 g/mol. The number of carbonyl (C=O) groups excluding carboxylic acids is 1. The first-order valence-corrected chi connectivity index (χ1v) is 8.71. The fraction of sp³-hybridized carbons (Fsp3) is 0.917. The van der Waals surface area contributed by atoms with E-state index in [2.05, 4.69) is 0 Å². The summed E-state index contributed by atoms with van der Waals surface area (Å²) in [6, 6.07) is -0.660. The maximum Gasteiger partial charge on any atom is 0.427 e. The van der Waals surface area contributed by atoms with Gasteiger partial charge in [0.2, 0.25) is 0 Å². The van der Waals surface area contributed by atoms with Gasteiger partial charge < -0.3 is 4.74 Å². The predicted molar refractivity (Wildman–Crippen MR) is 71.9 cm³/mol. The van der Waals surface area contributed by atoms with E-state index < -0.39 is 59.1 Å². The van der Waals surface area contributed by atoms with Gasteiger partial charge in [0.15, 0.2) is 0 Å². The van der Waals surface area contributed by atoms with Crippen molar-refractivity contribution < 1.29 is 44.3 Å². The molecule has 146 valence electrons. The van der Waals surface area contributed by atoms with Gasteiger partial charge in [-0.05, 0) is 0 Å². The van der Waals surface area contributed by atoms with Gasteiger partial charge in [-0.3, -0.25) is 9.69 Å². The fourth-order valence-electron chi connectivity index (χ4n) is 2.65. The van der Waals surface area contributed by atoms with Crippen LogP contribution in [0.4, 0.5) is 26.3 Å². The Morgan fingerprint density at radius 2 is 1.56 bits per heavy atom. The van der Waals surface area contributed by atoms with Crippen LogP contribution in [-0.4, -0.2) is 79.5 Å². The van der Waals surface area contributed by atoms with Crippen LogP contribution in [0.15, 0.2) is 0 Å². The number of esters is 1. The summed E-state index contributed by atoms with van der Waals surface area (Å²) in [7, 11) is -6.04. The molecule has 2 saturated heterocycles. The first-order chi connectivity index (χ1) is 11.2. The number of ether oxygens (including phenoxy) is 1. The second-order valence-corrected chi connectivity index (χ2v) is 7.87. The van der Waals surface area contributed by atoms with E-state index in [9.17, 15) is 39.6 Å². The first kappa shape index (κ1) is 20.2. The zero-order valence-electron chi connectivity index (χ0n) is 13.0. The van der Waals surface area contributed by atoms with Gasteiger partial charge in [-0.2, -0.15) is 30.6 Å². The minimum atomic E-state index is -6.08. The van der Waals surface area contributed by atoms with Gasteiger partial charge in [0, 0.05) is 39.5 Å². The van der Waals surface area contributed by atoms with Crippen molar-refractivity contribution in [2.75, 3.05) is 32.8 Å². The van der Waals surface area contributed by atoms with Crippen molar-refractivity contribution in [3.05, 3.63) is 0 Å². The van der Waals surface area contributed by atoms with E-state index in [0.29, 0.717) is 6.42 Å². The number of alkyl halides is 6. The molecule has 6 nitrogen and oxygen atoms in total. The van der Waals surface area contributed by atoms with Crippen molar-refractivity contribution in [3.8, 4) is 0 Å². The van der Waals surface area contributed by atoms with E-state index >= 15 is 0 Å². The number of hydrogen-bond acceptors (Lipinski definition) is 5. The third-order valence-electron chi connectivity index (χ3n) is 4.20. The van der Waals surface area contributed by atoms with E-state index in [-0.39, 0.29) is 24.0 Å². The molecule has 0 radical (unpaired) electrons. The smallest absolute Gasteiger partial charge is 0.427 e. The monoisotopic (exact) mass is 398 g/mol. The van der Waals surface area contributed by atoms with Gasteiger partial charge >= 0.3 is 23.1 Å². The quantitative estimate of drug-likeness (QED) is 0.513. The van der Waals surface area contributed by atoms with Crippen LogP contribution >= 0.6 is 0 Å². The molecule has 2 heterocycles. The van der Waals surface area contributed by atoms with Crippen LogP contribution in [-0.2, 0) is 19.6 Å². The molecule has 1 atom stereocenters. The highest BCUT2D eigenvalue weighted by molar-refractivity contribution is 7.90. The highest BCUT2D eigenvalue weighted by Crippen LogP contribution is 2.49. The van der Waals surface area contributed by atoms with Gasteiger partial charge in [-0.15, -0.1) is 0 Å². The van der Waals surface area contributed by atoms with Gasteiger partial charge in [0.05, 0.1) is 6.61 Å². The number of carbonyl (C=O) groups is 1. The summed E-state index contributed by atoms with van der Waals surface area (Å²) in [5.74, 6) is -11.9. The molecule has 0 spiro atoms. The normalized spacial score (nSPS) is 25.2. The van der Waals surface area contributed by atoms with Crippen LogP contribution in [0.5, 0.6) is 0 Å². The summed E-state index contributed by atoms with van der Waals surface area (Å²) < 4.78 is 108. The van der Waals surface area contributed by atoms with Crippen molar-refractivity contribution in [3.63, 3.8) is 0 Å². The molecule has 0 N–H and O–H groups in total. The predicted octanol–water partition coefficient (Wildman–Crippen LogP) is 1.13. The van der Waals surface area contributed by atoms with Crippen molar-refractivity contribution in [1.82, 2.24) is 9.21 Å². The van der Waals surface area contributed by atoms with Crippen LogP contribution in [0.2, 0.25) is 0 Å². The third-order valence-corrected chi connectivity index (χ3v) is 6.15. The lowest BCUT2D eigenvalue weighted by molar-refractivity contribution is -0.272. The largest absolute Gasteiger partial charge is 0.464 e. The molecule has 0 aromatic carbocycles. The lowest BCUT2D eigenvalue weighted by atomic mass is 10.2. The molecule has 0 aromatic heterocycles. The Kier molecular flexibility index (Phi) is 5.07. The number of halogens is 6. The standard InChI is InChI=1S/C12H16F6N2O4S/c1-10(13,14)11(15,16)12(17,18)25(22,23)20-5-3-19(4-6-20)8-2-7-24-9(8)21/h8H,2-7H2,1H3. The molecule has 0 saturated carbocycles. The summed E-state index contributed by atoms with van der Waals surface area (Å²) in [6.45, 7) is -1.95. The molecule has 1 unspecified atom stereocenters. The van der Waals surface area contributed by atoms with Crippen molar-refractivity contribution in [2.24, 2.45) is 0 Å². The molecule has 0 amide bonds. The van der Waals surface area contributed by atoms with Crippen LogP contribution < -0.4 is 0 Å². The maximum atomic E-state index is 13.8. The van der Waals surface area contributed by atoms with E-state index in [1.807, 2.05) is 0 Å². The molecule has 2 aliphatic rings. The molecule has 0 aliphatic carbocycles. The third kappa shape index (κ3) is 3.21. The minimum absolute atomic E-state index is 0.0451. The zero-order valence-corrected chi connectivity index (χ0v) is 13.8. The summed E-state index contributed by atoms with van der Waals surface area (Å²) in [5.41, 5.74) is 0. The molecule has 2 fully saturated rings. The zero-order chi connectivity index (χ0) is 19.3. The summed E-state index contributed by atoms with van der Waals surface area (Å²) in [5, 5.41) is -5.98. The topological polar surface area (TPSA) is 66.9 Å². The maximum absolute atomic E-state index is 13.8. The van der Waals surface area contributed by atoms with Crippen LogP contribution in [0, 0.1) is 0 Å². The Morgan fingerprint density at radius 1 is 1.04 bits per heavy atom. The van der Waals surface area contributed by atoms with E-state index in [1.54, 1.807) is 0 Å². The Bertz CT molecular complexity index is 628. The van der Waals surface area contributed by atoms with Crippen LogP contribution in [0.1, 0.15) is 13.3 Å². The average Bonchev–Trinajstić information content (AvgIpc) is 2.92. The molecular weight excluding hydrogens is 382 g/mol. The number of rotatable bonds is 5. The summed E-state index contributed by atoms with van der Waals surface area (Å²) in [6.07, 6.45) is 0.335. The molecular formula is C12H16F6N2O4S. The Hall–Kier alpha value is -1.08. The van der Waals surface area contributed by atoms with E-state index in [4.69, 9.17) is 4.74 Å². The van der Waals surface area contributed by atoms with Gasteiger partial charge in [-0.25, -0.2) is 8.42 Å². The van der Waals surface area contributed by atoms with Crippen molar-refractivity contribution in [1.29, 1.82) is 0 Å². The molecule has 2 aliphatic heterocycles. The molecule has 25 heavy (non-hydrogen) atoms. The highest BCUT2D eigenvalue weighted by atomic mass is 32.2. The lowest BCUT2D eigenvalue weighted by Crippen LogP contribution is -2.62.